The summed E-state index contributed by atoms with van der Waals surface area (Å²) in [5.74, 6) is -1.28. The molecule has 0 amide bonds. The summed E-state index contributed by atoms with van der Waals surface area (Å²) in [6.07, 6.45) is 0. The number of carbonyl (C=O) groups excluding carboxylic acids is 1. The number of carbonyl (C=O) groups is 2. The predicted molar refractivity (Wildman–Crippen MR) is 53.6 cm³/mol. The molecular weight excluding hydrogens is 196 g/mol. The van der Waals surface area contributed by atoms with Crippen molar-refractivity contribution in [2.75, 3.05) is 0 Å². The third kappa shape index (κ3) is 2.95. The first-order valence-corrected chi connectivity index (χ1v) is 4.22. The van der Waals surface area contributed by atoms with Gasteiger partial charge in [-0.05, 0) is 31.2 Å². The molecule has 4 heteroatoms. The van der Waals surface area contributed by atoms with Crippen LogP contribution < -0.4 is 0 Å². The van der Waals surface area contributed by atoms with Gasteiger partial charge in [-0.1, -0.05) is 6.58 Å². The number of benzene rings is 1. The molecule has 0 bridgehead atoms. The summed E-state index contributed by atoms with van der Waals surface area (Å²) in [5, 5.41) is 8.63. The van der Waals surface area contributed by atoms with Gasteiger partial charge in [0.15, 0.2) is 0 Å². The molecule has 15 heavy (non-hydrogen) atoms. The second kappa shape index (κ2) is 4.41. The van der Waals surface area contributed by atoms with Gasteiger partial charge < -0.3 is 9.84 Å². The molecule has 0 unspecified atom stereocenters. The number of allylic oxidation sites excluding steroid dienone is 1. The van der Waals surface area contributed by atoms with Crippen LogP contribution in [0.2, 0.25) is 0 Å². The standard InChI is InChI=1S/C11H10O4/c1-7(2)15-11(14)9-5-3-8(4-6-9)10(12)13/h3-6H,1H2,2H3,(H,12,13). The van der Waals surface area contributed by atoms with E-state index in [0.29, 0.717) is 11.3 Å². The maximum atomic E-state index is 11.3. The molecule has 0 aliphatic rings. The van der Waals surface area contributed by atoms with Crippen LogP contribution in [0.3, 0.4) is 0 Å². The highest BCUT2D eigenvalue weighted by atomic mass is 16.5. The summed E-state index contributed by atoms with van der Waals surface area (Å²) in [7, 11) is 0. The molecule has 1 rings (SSSR count). The molecule has 0 fully saturated rings. The largest absolute Gasteiger partial charge is 0.478 e. The van der Waals surface area contributed by atoms with Crippen LogP contribution in [-0.4, -0.2) is 17.0 Å². The number of ether oxygens (including phenoxy) is 1. The summed E-state index contributed by atoms with van der Waals surface area (Å²) < 4.78 is 4.76. The number of esters is 1. The van der Waals surface area contributed by atoms with Crippen molar-refractivity contribution < 1.29 is 19.4 Å². The molecule has 0 heterocycles. The summed E-state index contributed by atoms with van der Waals surface area (Å²) in [5.41, 5.74) is 0.421. The van der Waals surface area contributed by atoms with Crippen molar-refractivity contribution in [2.45, 2.75) is 6.92 Å². The van der Waals surface area contributed by atoms with E-state index in [9.17, 15) is 9.59 Å². The van der Waals surface area contributed by atoms with Crippen molar-refractivity contribution in [3.63, 3.8) is 0 Å². The highest BCUT2D eigenvalue weighted by Gasteiger charge is 2.08. The van der Waals surface area contributed by atoms with E-state index in [4.69, 9.17) is 9.84 Å². The van der Waals surface area contributed by atoms with Crippen LogP contribution in [0.5, 0.6) is 0 Å². The Morgan fingerprint density at radius 1 is 1.20 bits per heavy atom. The normalized spacial score (nSPS) is 9.40. The smallest absolute Gasteiger partial charge is 0.343 e. The summed E-state index contributed by atoms with van der Waals surface area (Å²) in [6.45, 7) is 4.99. The monoisotopic (exact) mass is 206 g/mol. The molecule has 1 N–H and O–H groups in total. The molecule has 0 aliphatic heterocycles. The molecule has 0 atom stereocenters. The molecular formula is C11H10O4. The van der Waals surface area contributed by atoms with E-state index < -0.39 is 11.9 Å². The highest BCUT2D eigenvalue weighted by Crippen LogP contribution is 2.07. The first-order valence-electron chi connectivity index (χ1n) is 4.22. The number of rotatable bonds is 3. The lowest BCUT2D eigenvalue weighted by Gasteiger charge is -2.02. The van der Waals surface area contributed by atoms with Crippen LogP contribution >= 0.6 is 0 Å². The maximum absolute atomic E-state index is 11.3. The van der Waals surface area contributed by atoms with Crippen LogP contribution in [0.4, 0.5) is 0 Å². The molecule has 0 saturated carbocycles. The Labute approximate surface area is 86.8 Å². The van der Waals surface area contributed by atoms with Gasteiger partial charge in [-0.15, -0.1) is 0 Å². The van der Waals surface area contributed by atoms with Gasteiger partial charge in [-0.2, -0.15) is 0 Å². The SMILES string of the molecule is C=C(C)OC(=O)c1ccc(C(=O)O)cc1. The summed E-state index contributed by atoms with van der Waals surface area (Å²) >= 11 is 0. The molecule has 0 aromatic heterocycles. The number of carboxylic acid groups (broad SMARTS) is 1. The Morgan fingerprint density at radius 2 is 1.67 bits per heavy atom. The van der Waals surface area contributed by atoms with Gasteiger partial charge in [0.05, 0.1) is 16.9 Å². The summed E-state index contributed by atoms with van der Waals surface area (Å²) in [6, 6.07) is 5.48. The third-order valence-electron chi connectivity index (χ3n) is 1.63. The number of aromatic carboxylic acids is 1. The van der Waals surface area contributed by atoms with Crippen LogP contribution in [0.15, 0.2) is 36.6 Å². The molecule has 0 spiro atoms. The third-order valence-corrected chi connectivity index (χ3v) is 1.63. The Kier molecular flexibility index (Phi) is 3.23. The van der Waals surface area contributed by atoms with Gasteiger partial charge in [0, 0.05) is 0 Å². The summed E-state index contributed by atoms with van der Waals surface area (Å²) in [4.78, 5) is 21.8. The van der Waals surface area contributed by atoms with Crippen molar-refractivity contribution in [1.82, 2.24) is 0 Å². The predicted octanol–water partition coefficient (Wildman–Crippen LogP) is 2.08. The van der Waals surface area contributed by atoms with Crippen LogP contribution in [0.1, 0.15) is 27.6 Å². The minimum absolute atomic E-state index is 0.127. The highest BCUT2D eigenvalue weighted by molar-refractivity contribution is 5.92. The van der Waals surface area contributed by atoms with Crippen molar-refractivity contribution >= 4 is 11.9 Å². The van der Waals surface area contributed by atoms with Crippen molar-refractivity contribution in [3.05, 3.63) is 47.7 Å². The molecule has 78 valence electrons. The van der Waals surface area contributed by atoms with Crippen molar-refractivity contribution in [3.8, 4) is 0 Å². The number of hydrogen-bond acceptors (Lipinski definition) is 3. The Morgan fingerprint density at radius 3 is 2.07 bits per heavy atom. The fourth-order valence-corrected chi connectivity index (χ4v) is 0.966. The molecule has 0 aliphatic carbocycles. The van der Waals surface area contributed by atoms with Crippen LogP contribution in [0.25, 0.3) is 0 Å². The molecule has 0 radical (unpaired) electrons. The second-order valence-electron chi connectivity index (χ2n) is 2.97. The number of hydrogen-bond donors (Lipinski definition) is 1. The second-order valence-corrected chi connectivity index (χ2v) is 2.97. The van der Waals surface area contributed by atoms with E-state index in [0.717, 1.165) is 0 Å². The molecule has 4 nitrogen and oxygen atoms in total. The molecule has 0 saturated heterocycles. The fraction of sp³-hybridized carbons (Fsp3) is 0.0909. The zero-order valence-electron chi connectivity index (χ0n) is 8.19. The first kappa shape index (κ1) is 11.0. The van der Waals surface area contributed by atoms with Gasteiger partial charge in [-0.3, -0.25) is 0 Å². The van der Waals surface area contributed by atoms with Gasteiger partial charge >= 0.3 is 11.9 Å². The average Bonchev–Trinajstić information content (AvgIpc) is 2.17. The maximum Gasteiger partial charge on any atom is 0.343 e. The minimum atomic E-state index is -1.03. The Bertz CT molecular complexity index is 403. The van der Waals surface area contributed by atoms with Crippen LogP contribution in [-0.2, 0) is 4.74 Å². The zero-order chi connectivity index (χ0) is 11.4. The van der Waals surface area contributed by atoms with Gasteiger partial charge in [0.1, 0.15) is 0 Å². The Hall–Kier alpha value is -2.10. The molecule has 1 aromatic rings. The average molecular weight is 206 g/mol. The van der Waals surface area contributed by atoms with Crippen molar-refractivity contribution in [1.29, 1.82) is 0 Å². The fourth-order valence-electron chi connectivity index (χ4n) is 0.966. The minimum Gasteiger partial charge on any atom is -0.478 e. The van der Waals surface area contributed by atoms with E-state index >= 15 is 0 Å². The first-order chi connectivity index (χ1) is 7.00. The Balaban J connectivity index is 2.84. The van der Waals surface area contributed by atoms with E-state index in [1.807, 2.05) is 0 Å². The van der Waals surface area contributed by atoms with Gasteiger partial charge in [0.25, 0.3) is 0 Å². The molecule has 1 aromatic carbocycles. The van der Waals surface area contributed by atoms with Crippen LogP contribution in [0, 0.1) is 0 Å². The topological polar surface area (TPSA) is 63.6 Å². The van der Waals surface area contributed by atoms with E-state index in [-0.39, 0.29) is 5.56 Å². The number of carboxylic acids is 1. The van der Waals surface area contributed by atoms with E-state index in [1.54, 1.807) is 6.92 Å². The lowest BCUT2D eigenvalue weighted by molar-refractivity contribution is 0.0624. The van der Waals surface area contributed by atoms with Crippen molar-refractivity contribution in [2.24, 2.45) is 0 Å². The van der Waals surface area contributed by atoms with E-state index in [1.165, 1.54) is 24.3 Å². The van der Waals surface area contributed by atoms with Gasteiger partial charge in [-0.25, -0.2) is 9.59 Å². The van der Waals surface area contributed by atoms with E-state index in [2.05, 4.69) is 6.58 Å². The van der Waals surface area contributed by atoms with Gasteiger partial charge in [0.2, 0.25) is 0 Å². The lowest BCUT2D eigenvalue weighted by Crippen LogP contribution is -2.04. The zero-order valence-corrected chi connectivity index (χ0v) is 8.19. The lowest BCUT2D eigenvalue weighted by atomic mass is 10.1. The quantitative estimate of drug-likeness (QED) is 0.607.